The molecule has 2 N–H and O–H groups in total. The SMILES string of the molecule is O=C(O)CCn1cnc2c([nH]c3ccc(F)cc32)c1=O. The minimum atomic E-state index is -0.990. The number of nitrogens with one attached hydrogen (secondary N) is 1. The number of aliphatic carboxylic acids is 1. The Morgan fingerprint density at radius 1 is 1.45 bits per heavy atom. The Kier molecular flexibility index (Phi) is 2.74. The third-order valence-corrected chi connectivity index (χ3v) is 3.10. The number of benzene rings is 1. The third-order valence-electron chi connectivity index (χ3n) is 3.10. The average Bonchev–Trinajstić information content (AvgIpc) is 2.77. The van der Waals surface area contributed by atoms with Crippen LogP contribution in [0.4, 0.5) is 4.39 Å². The fraction of sp³-hybridized carbons (Fsp3) is 0.154. The summed E-state index contributed by atoms with van der Waals surface area (Å²) in [7, 11) is 0. The fourth-order valence-electron chi connectivity index (χ4n) is 2.14. The molecule has 0 saturated heterocycles. The van der Waals surface area contributed by atoms with Gasteiger partial charge < -0.3 is 10.1 Å². The van der Waals surface area contributed by atoms with E-state index in [0.29, 0.717) is 16.4 Å². The first-order chi connectivity index (χ1) is 9.56. The Balaban J connectivity index is 2.20. The van der Waals surface area contributed by atoms with Gasteiger partial charge in [-0.1, -0.05) is 0 Å². The molecule has 0 aliphatic heterocycles. The molecule has 0 aliphatic carbocycles. The second-order valence-corrected chi connectivity index (χ2v) is 4.43. The number of hydrogen-bond donors (Lipinski definition) is 2. The quantitative estimate of drug-likeness (QED) is 0.758. The number of carboxylic acids is 1. The van der Waals surface area contributed by atoms with Crippen LogP contribution in [0.5, 0.6) is 0 Å². The molecule has 2 aromatic heterocycles. The molecule has 102 valence electrons. The molecule has 20 heavy (non-hydrogen) atoms. The van der Waals surface area contributed by atoms with Crippen molar-refractivity contribution < 1.29 is 14.3 Å². The lowest BCUT2D eigenvalue weighted by Crippen LogP contribution is -2.21. The highest BCUT2D eigenvalue weighted by atomic mass is 19.1. The van der Waals surface area contributed by atoms with E-state index in [-0.39, 0.29) is 24.0 Å². The van der Waals surface area contributed by atoms with Crippen molar-refractivity contribution in [3.8, 4) is 0 Å². The van der Waals surface area contributed by atoms with Crippen LogP contribution in [0.3, 0.4) is 0 Å². The number of halogens is 1. The first-order valence-corrected chi connectivity index (χ1v) is 5.94. The maximum absolute atomic E-state index is 13.2. The van der Waals surface area contributed by atoms with Crippen LogP contribution in [0.2, 0.25) is 0 Å². The maximum Gasteiger partial charge on any atom is 0.305 e. The number of carboxylic acid groups (broad SMARTS) is 1. The minimum Gasteiger partial charge on any atom is -0.481 e. The fourth-order valence-corrected chi connectivity index (χ4v) is 2.14. The van der Waals surface area contributed by atoms with Gasteiger partial charge in [0.2, 0.25) is 0 Å². The Morgan fingerprint density at radius 2 is 2.25 bits per heavy atom. The van der Waals surface area contributed by atoms with Crippen molar-refractivity contribution in [2.45, 2.75) is 13.0 Å². The smallest absolute Gasteiger partial charge is 0.305 e. The van der Waals surface area contributed by atoms with Gasteiger partial charge in [0.25, 0.3) is 5.56 Å². The van der Waals surface area contributed by atoms with Crippen LogP contribution >= 0.6 is 0 Å². The van der Waals surface area contributed by atoms with Gasteiger partial charge in [0.1, 0.15) is 16.9 Å². The van der Waals surface area contributed by atoms with Gasteiger partial charge in [-0.3, -0.25) is 14.2 Å². The molecule has 6 nitrogen and oxygen atoms in total. The number of carbonyl (C=O) groups is 1. The van der Waals surface area contributed by atoms with Gasteiger partial charge in [-0.2, -0.15) is 0 Å². The topological polar surface area (TPSA) is 88.0 Å². The van der Waals surface area contributed by atoms with Crippen molar-refractivity contribution in [3.63, 3.8) is 0 Å². The highest BCUT2D eigenvalue weighted by molar-refractivity contribution is 6.04. The molecule has 1 aromatic carbocycles. The van der Waals surface area contributed by atoms with Crippen molar-refractivity contribution >= 4 is 27.9 Å². The molecule has 0 bridgehead atoms. The zero-order chi connectivity index (χ0) is 14.3. The van der Waals surface area contributed by atoms with E-state index in [2.05, 4.69) is 9.97 Å². The summed E-state index contributed by atoms with van der Waals surface area (Å²) in [6.07, 6.45) is 1.12. The number of aromatic amines is 1. The second kappa shape index (κ2) is 4.44. The minimum absolute atomic E-state index is 0.0425. The van der Waals surface area contributed by atoms with Crippen molar-refractivity contribution in [2.75, 3.05) is 0 Å². The van der Waals surface area contributed by atoms with Gasteiger partial charge in [0, 0.05) is 17.4 Å². The number of fused-ring (bicyclic) bond motifs is 3. The van der Waals surface area contributed by atoms with Gasteiger partial charge in [-0.05, 0) is 18.2 Å². The van der Waals surface area contributed by atoms with E-state index < -0.39 is 11.8 Å². The van der Waals surface area contributed by atoms with Gasteiger partial charge in [-0.25, -0.2) is 9.37 Å². The second-order valence-electron chi connectivity index (χ2n) is 4.43. The highest BCUT2D eigenvalue weighted by Gasteiger charge is 2.11. The number of nitrogens with zero attached hydrogens (tertiary/aromatic N) is 2. The molecule has 3 rings (SSSR count). The van der Waals surface area contributed by atoms with Crippen LogP contribution in [0.1, 0.15) is 6.42 Å². The molecule has 0 radical (unpaired) electrons. The Labute approximate surface area is 111 Å². The van der Waals surface area contributed by atoms with Gasteiger partial charge in [-0.15, -0.1) is 0 Å². The van der Waals surface area contributed by atoms with E-state index in [9.17, 15) is 14.0 Å². The Hall–Kier alpha value is -2.70. The molecular weight excluding hydrogens is 265 g/mol. The molecule has 0 atom stereocenters. The van der Waals surface area contributed by atoms with Crippen molar-refractivity contribution in [2.24, 2.45) is 0 Å². The molecule has 0 saturated carbocycles. The Bertz CT molecular complexity index is 882. The first kappa shape index (κ1) is 12.3. The summed E-state index contributed by atoms with van der Waals surface area (Å²) in [6.45, 7) is 0.0425. The van der Waals surface area contributed by atoms with Gasteiger partial charge in [0.05, 0.1) is 12.7 Å². The van der Waals surface area contributed by atoms with E-state index in [0.717, 1.165) is 0 Å². The highest BCUT2D eigenvalue weighted by Crippen LogP contribution is 2.21. The van der Waals surface area contributed by atoms with Crippen molar-refractivity contribution in [3.05, 3.63) is 40.7 Å². The number of H-pyrrole nitrogens is 1. The summed E-state index contributed by atoms with van der Waals surface area (Å²) >= 11 is 0. The molecule has 0 aliphatic rings. The molecule has 0 fully saturated rings. The van der Waals surface area contributed by atoms with Crippen LogP contribution < -0.4 is 5.56 Å². The normalized spacial score (nSPS) is 11.2. The van der Waals surface area contributed by atoms with Gasteiger partial charge in [0.15, 0.2) is 0 Å². The predicted octanol–water partition coefficient (Wildman–Crippen LogP) is 1.49. The molecule has 0 unspecified atom stereocenters. The third kappa shape index (κ3) is 1.93. The largest absolute Gasteiger partial charge is 0.481 e. The van der Waals surface area contributed by atoms with E-state index >= 15 is 0 Å². The molecule has 2 heterocycles. The summed E-state index contributed by atoms with van der Waals surface area (Å²) in [6, 6.07) is 4.14. The summed E-state index contributed by atoms with van der Waals surface area (Å²) in [5.41, 5.74) is 0.879. The standard InChI is InChI=1S/C13H10FN3O3/c14-7-1-2-9-8(5-7)11-12(16-9)13(20)17(6-15-11)4-3-10(18)19/h1-2,5-6,16H,3-4H2,(H,18,19). The number of aryl methyl sites for hydroxylation is 1. The number of rotatable bonds is 3. The van der Waals surface area contributed by atoms with Crippen LogP contribution in [-0.4, -0.2) is 25.6 Å². The van der Waals surface area contributed by atoms with E-state index in [1.807, 2.05) is 0 Å². The zero-order valence-electron chi connectivity index (χ0n) is 10.3. The molecule has 0 amide bonds. The summed E-state index contributed by atoms with van der Waals surface area (Å²) in [5, 5.41) is 9.17. The van der Waals surface area contributed by atoms with Crippen LogP contribution in [0, 0.1) is 5.82 Å². The molecule has 3 aromatic rings. The van der Waals surface area contributed by atoms with Crippen molar-refractivity contribution in [1.29, 1.82) is 0 Å². The van der Waals surface area contributed by atoms with E-state index in [1.165, 1.54) is 29.1 Å². The number of aromatic nitrogens is 3. The zero-order valence-corrected chi connectivity index (χ0v) is 10.3. The average molecular weight is 275 g/mol. The molecule has 0 spiro atoms. The van der Waals surface area contributed by atoms with Crippen LogP contribution in [0.15, 0.2) is 29.3 Å². The predicted molar refractivity (Wildman–Crippen MR) is 70.1 cm³/mol. The summed E-state index contributed by atoms with van der Waals surface area (Å²) < 4.78 is 14.5. The first-order valence-electron chi connectivity index (χ1n) is 5.94. The Morgan fingerprint density at radius 3 is 3.00 bits per heavy atom. The molecular formula is C13H10FN3O3. The summed E-state index contributed by atoms with van der Waals surface area (Å²) in [5.74, 6) is -1.40. The monoisotopic (exact) mass is 275 g/mol. The van der Waals surface area contributed by atoms with Crippen LogP contribution in [-0.2, 0) is 11.3 Å². The lowest BCUT2D eigenvalue weighted by molar-refractivity contribution is -0.137. The number of hydrogen-bond acceptors (Lipinski definition) is 3. The lowest BCUT2D eigenvalue weighted by atomic mass is 10.2. The molecule has 7 heteroatoms. The van der Waals surface area contributed by atoms with E-state index in [1.54, 1.807) is 0 Å². The van der Waals surface area contributed by atoms with E-state index in [4.69, 9.17) is 5.11 Å². The van der Waals surface area contributed by atoms with Gasteiger partial charge >= 0.3 is 5.97 Å². The maximum atomic E-state index is 13.2. The van der Waals surface area contributed by atoms with Crippen LogP contribution in [0.25, 0.3) is 21.9 Å². The van der Waals surface area contributed by atoms with Crippen molar-refractivity contribution in [1.82, 2.24) is 14.5 Å². The summed E-state index contributed by atoms with van der Waals surface area (Å²) in [4.78, 5) is 29.8. The lowest BCUT2D eigenvalue weighted by Gasteiger charge is -2.02.